The van der Waals surface area contributed by atoms with Crippen molar-refractivity contribution in [3.05, 3.63) is 28.8 Å². The summed E-state index contributed by atoms with van der Waals surface area (Å²) in [5.41, 5.74) is 2.55. The van der Waals surface area contributed by atoms with Crippen molar-refractivity contribution in [1.82, 2.24) is 5.32 Å². The SMILES string of the molecule is CCCNCc1ccc(Cl)cc1N1CCOCC1C. The topological polar surface area (TPSA) is 24.5 Å². The number of nitrogens with zero attached hydrogens (tertiary/aromatic N) is 1. The Morgan fingerprint density at radius 2 is 2.32 bits per heavy atom. The Balaban J connectivity index is 2.18. The Hall–Kier alpha value is -0.770. The standard InChI is InChI=1S/C15H23ClN2O/c1-3-6-17-10-13-4-5-14(16)9-15(13)18-7-8-19-11-12(18)2/h4-5,9,12,17H,3,6-8,10-11H2,1-2H3. The largest absolute Gasteiger partial charge is 0.377 e. The van der Waals surface area contributed by atoms with Crippen molar-refractivity contribution in [2.45, 2.75) is 32.9 Å². The van der Waals surface area contributed by atoms with Crippen molar-refractivity contribution >= 4 is 17.3 Å². The predicted octanol–water partition coefficient (Wildman–Crippen LogP) is 3.06. The van der Waals surface area contributed by atoms with Gasteiger partial charge in [-0.2, -0.15) is 0 Å². The third-order valence-electron chi connectivity index (χ3n) is 3.47. The first-order valence-electron chi connectivity index (χ1n) is 7.06. The van der Waals surface area contributed by atoms with Gasteiger partial charge in [0.05, 0.1) is 13.2 Å². The Kier molecular flexibility index (Phi) is 5.49. The van der Waals surface area contributed by atoms with E-state index in [0.717, 1.165) is 44.3 Å². The van der Waals surface area contributed by atoms with Crippen molar-refractivity contribution in [2.24, 2.45) is 0 Å². The molecule has 1 fully saturated rings. The van der Waals surface area contributed by atoms with Crippen LogP contribution in [-0.2, 0) is 11.3 Å². The summed E-state index contributed by atoms with van der Waals surface area (Å²) in [5, 5.41) is 4.26. The second-order valence-corrected chi connectivity index (χ2v) is 5.50. The maximum absolute atomic E-state index is 6.17. The Labute approximate surface area is 120 Å². The smallest absolute Gasteiger partial charge is 0.0668 e. The third kappa shape index (κ3) is 3.85. The highest BCUT2D eigenvalue weighted by Crippen LogP contribution is 2.27. The first-order valence-corrected chi connectivity index (χ1v) is 7.43. The zero-order chi connectivity index (χ0) is 13.7. The van der Waals surface area contributed by atoms with E-state index in [9.17, 15) is 0 Å². The molecule has 1 aliphatic rings. The van der Waals surface area contributed by atoms with Crippen LogP contribution in [0.5, 0.6) is 0 Å². The van der Waals surface area contributed by atoms with E-state index in [2.05, 4.69) is 36.2 Å². The minimum Gasteiger partial charge on any atom is -0.377 e. The van der Waals surface area contributed by atoms with Crippen LogP contribution < -0.4 is 10.2 Å². The quantitative estimate of drug-likeness (QED) is 0.840. The molecule has 0 aromatic heterocycles. The molecule has 1 aliphatic heterocycles. The third-order valence-corrected chi connectivity index (χ3v) is 3.70. The van der Waals surface area contributed by atoms with E-state index in [1.54, 1.807) is 0 Å². The predicted molar refractivity (Wildman–Crippen MR) is 81.1 cm³/mol. The summed E-state index contributed by atoms with van der Waals surface area (Å²) in [5.74, 6) is 0. The van der Waals surface area contributed by atoms with Gasteiger partial charge < -0.3 is 15.0 Å². The fraction of sp³-hybridized carbons (Fsp3) is 0.600. The molecule has 0 bridgehead atoms. The highest BCUT2D eigenvalue weighted by Gasteiger charge is 2.21. The molecule has 3 nitrogen and oxygen atoms in total. The molecule has 0 radical (unpaired) electrons. The minimum absolute atomic E-state index is 0.400. The fourth-order valence-corrected chi connectivity index (χ4v) is 2.61. The molecule has 4 heteroatoms. The lowest BCUT2D eigenvalue weighted by Gasteiger charge is -2.36. The number of nitrogens with one attached hydrogen (secondary N) is 1. The highest BCUT2D eigenvalue weighted by atomic mass is 35.5. The number of halogens is 1. The first-order chi connectivity index (χ1) is 9.22. The normalized spacial score (nSPS) is 19.7. The lowest BCUT2D eigenvalue weighted by Crippen LogP contribution is -2.44. The molecule has 2 rings (SSSR count). The molecule has 0 amide bonds. The second-order valence-electron chi connectivity index (χ2n) is 5.07. The minimum atomic E-state index is 0.400. The van der Waals surface area contributed by atoms with Crippen LogP contribution in [0.25, 0.3) is 0 Å². The molecule has 1 aromatic rings. The van der Waals surface area contributed by atoms with Crippen molar-refractivity contribution in [3.63, 3.8) is 0 Å². The van der Waals surface area contributed by atoms with Crippen molar-refractivity contribution in [1.29, 1.82) is 0 Å². The number of ether oxygens (including phenoxy) is 1. The summed E-state index contributed by atoms with van der Waals surface area (Å²) < 4.78 is 5.51. The number of hydrogen-bond donors (Lipinski definition) is 1. The molecule has 1 aromatic carbocycles. The van der Waals surface area contributed by atoms with Crippen molar-refractivity contribution in [3.8, 4) is 0 Å². The fourth-order valence-electron chi connectivity index (χ4n) is 2.44. The van der Waals surface area contributed by atoms with Gasteiger partial charge in [0.1, 0.15) is 0 Å². The van der Waals surface area contributed by atoms with E-state index >= 15 is 0 Å². The molecule has 1 atom stereocenters. The molecule has 0 aliphatic carbocycles. The highest BCUT2D eigenvalue weighted by molar-refractivity contribution is 6.30. The van der Waals surface area contributed by atoms with Crippen LogP contribution in [0.15, 0.2) is 18.2 Å². The average Bonchev–Trinajstić information content (AvgIpc) is 2.41. The summed E-state index contributed by atoms with van der Waals surface area (Å²) in [6.45, 7) is 8.82. The molecule has 1 heterocycles. The van der Waals surface area contributed by atoms with Gasteiger partial charge in [-0.15, -0.1) is 0 Å². The molecule has 1 N–H and O–H groups in total. The monoisotopic (exact) mass is 282 g/mol. The summed E-state index contributed by atoms with van der Waals surface area (Å²) >= 11 is 6.17. The van der Waals surface area contributed by atoms with E-state index in [1.165, 1.54) is 11.3 Å². The number of morpholine rings is 1. The molecule has 0 saturated carbocycles. The van der Waals surface area contributed by atoms with Gasteiger partial charge in [-0.3, -0.25) is 0 Å². The number of anilines is 1. The van der Waals surface area contributed by atoms with Crippen LogP contribution in [0.3, 0.4) is 0 Å². The Morgan fingerprint density at radius 1 is 1.47 bits per heavy atom. The molecular formula is C15H23ClN2O. The number of hydrogen-bond acceptors (Lipinski definition) is 3. The van der Waals surface area contributed by atoms with Gasteiger partial charge >= 0.3 is 0 Å². The molecular weight excluding hydrogens is 260 g/mol. The summed E-state index contributed by atoms with van der Waals surface area (Å²) in [7, 11) is 0. The van der Waals surface area contributed by atoms with E-state index in [-0.39, 0.29) is 0 Å². The molecule has 1 unspecified atom stereocenters. The average molecular weight is 283 g/mol. The molecule has 1 saturated heterocycles. The van der Waals surface area contributed by atoms with E-state index in [4.69, 9.17) is 16.3 Å². The maximum atomic E-state index is 6.17. The first kappa shape index (κ1) is 14.6. The summed E-state index contributed by atoms with van der Waals surface area (Å²) in [6, 6.07) is 6.57. The van der Waals surface area contributed by atoms with E-state index in [0.29, 0.717) is 6.04 Å². The molecule has 19 heavy (non-hydrogen) atoms. The van der Waals surface area contributed by atoms with Gasteiger partial charge in [0.15, 0.2) is 0 Å². The Bertz CT molecular complexity index is 411. The van der Waals surface area contributed by atoms with Crippen LogP contribution >= 0.6 is 11.6 Å². The van der Waals surface area contributed by atoms with Crippen LogP contribution in [0.4, 0.5) is 5.69 Å². The van der Waals surface area contributed by atoms with Crippen molar-refractivity contribution in [2.75, 3.05) is 31.2 Å². The van der Waals surface area contributed by atoms with Crippen molar-refractivity contribution < 1.29 is 4.74 Å². The molecule has 106 valence electrons. The van der Waals surface area contributed by atoms with Gasteiger partial charge in [-0.05, 0) is 37.6 Å². The zero-order valence-electron chi connectivity index (χ0n) is 11.8. The summed E-state index contributed by atoms with van der Waals surface area (Å²) in [6.07, 6.45) is 1.15. The van der Waals surface area contributed by atoms with Gasteiger partial charge in [0.2, 0.25) is 0 Å². The van der Waals surface area contributed by atoms with Gasteiger partial charge in [-0.1, -0.05) is 24.6 Å². The van der Waals surface area contributed by atoms with Crippen LogP contribution in [0.1, 0.15) is 25.8 Å². The lowest BCUT2D eigenvalue weighted by molar-refractivity contribution is 0.0988. The van der Waals surface area contributed by atoms with Crippen LogP contribution in [0, 0.1) is 0 Å². The zero-order valence-corrected chi connectivity index (χ0v) is 12.5. The number of rotatable bonds is 5. The second kappa shape index (κ2) is 7.13. The molecule has 0 spiro atoms. The van der Waals surface area contributed by atoms with E-state index < -0.39 is 0 Å². The number of benzene rings is 1. The van der Waals surface area contributed by atoms with Gasteiger partial charge in [0, 0.05) is 29.8 Å². The van der Waals surface area contributed by atoms with Crippen LogP contribution in [-0.4, -0.2) is 32.3 Å². The Morgan fingerprint density at radius 3 is 3.05 bits per heavy atom. The van der Waals surface area contributed by atoms with Gasteiger partial charge in [0.25, 0.3) is 0 Å². The van der Waals surface area contributed by atoms with E-state index in [1.807, 2.05) is 6.07 Å². The summed E-state index contributed by atoms with van der Waals surface area (Å²) in [4.78, 5) is 2.40. The van der Waals surface area contributed by atoms with Crippen LogP contribution in [0.2, 0.25) is 5.02 Å². The maximum Gasteiger partial charge on any atom is 0.0668 e. The van der Waals surface area contributed by atoms with Gasteiger partial charge in [-0.25, -0.2) is 0 Å². The lowest BCUT2D eigenvalue weighted by atomic mass is 10.1.